The maximum atomic E-state index is 13.5. The molecule has 0 bridgehead atoms. The minimum atomic E-state index is -0.879. The fraction of sp³-hybridized carbons (Fsp3) is 0.231. The van der Waals surface area contributed by atoms with Gasteiger partial charge < -0.3 is 4.74 Å². The van der Waals surface area contributed by atoms with Crippen LogP contribution in [0.3, 0.4) is 0 Å². The lowest BCUT2D eigenvalue weighted by molar-refractivity contribution is 0.317. The van der Waals surface area contributed by atoms with Crippen LogP contribution in [0.1, 0.15) is 13.3 Å². The fourth-order valence-electron chi connectivity index (χ4n) is 1.47. The second-order valence-electron chi connectivity index (χ2n) is 3.70. The average Bonchev–Trinajstić information content (AvgIpc) is 2.36. The van der Waals surface area contributed by atoms with Crippen LogP contribution in [0, 0.1) is 11.9 Å². The van der Waals surface area contributed by atoms with Gasteiger partial charge in [-0.25, -0.2) is 0 Å². The summed E-state index contributed by atoms with van der Waals surface area (Å²) in [5.41, 5.74) is 0.520. The molecule has 0 aromatic carbocycles. The van der Waals surface area contributed by atoms with E-state index in [4.69, 9.17) is 4.74 Å². The molecule has 2 rings (SSSR count). The molecule has 5 heteroatoms. The quantitative estimate of drug-likeness (QED) is 0.781. The van der Waals surface area contributed by atoms with E-state index in [0.717, 1.165) is 12.5 Å². The van der Waals surface area contributed by atoms with Gasteiger partial charge in [-0.05, 0) is 24.6 Å². The Morgan fingerprint density at radius 1 is 1.22 bits per heavy atom. The molecule has 0 aliphatic rings. The van der Waals surface area contributed by atoms with Gasteiger partial charge in [0, 0.05) is 12.3 Å². The Kier molecular flexibility index (Phi) is 3.82. The minimum absolute atomic E-state index is 0.151. The van der Waals surface area contributed by atoms with Crippen LogP contribution in [0.2, 0.25) is 0 Å². The molecular weight excluding hydrogens is 238 g/mol. The number of nitrogens with zero attached hydrogens (tertiary/aromatic N) is 2. The second-order valence-corrected chi connectivity index (χ2v) is 3.70. The SMILES string of the molecule is CCCOc1ccnc(-c2ccc(F)nc2F)c1. The number of aromatic nitrogens is 2. The summed E-state index contributed by atoms with van der Waals surface area (Å²) in [4.78, 5) is 7.15. The molecule has 0 atom stereocenters. The zero-order chi connectivity index (χ0) is 13.0. The Hall–Kier alpha value is -2.04. The molecule has 0 saturated heterocycles. The van der Waals surface area contributed by atoms with Crippen LogP contribution >= 0.6 is 0 Å². The van der Waals surface area contributed by atoms with Gasteiger partial charge in [0.2, 0.25) is 11.9 Å². The van der Waals surface area contributed by atoms with Crippen molar-refractivity contribution in [2.24, 2.45) is 0 Å². The highest BCUT2D eigenvalue weighted by Crippen LogP contribution is 2.23. The predicted molar refractivity (Wildman–Crippen MR) is 63.2 cm³/mol. The molecule has 0 saturated carbocycles. The van der Waals surface area contributed by atoms with Crippen molar-refractivity contribution in [1.82, 2.24) is 9.97 Å². The smallest absolute Gasteiger partial charge is 0.224 e. The number of halogens is 2. The van der Waals surface area contributed by atoms with Gasteiger partial charge in [-0.15, -0.1) is 0 Å². The summed E-state index contributed by atoms with van der Waals surface area (Å²) in [6, 6.07) is 5.70. The molecular formula is C13H12F2N2O. The normalized spacial score (nSPS) is 10.4. The number of hydrogen-bond acceptors (Lipinski definition) is 3. The number of rotatable bonds is 4. The molecule has 0 fully saturated rings. The maximum absolute atomic E-state index is 13.5. The molecule has 0 amide bonds. The lowest BCUT2D eigenvalue weighted by atomic mass is 10.2. The molecule has 0 unspecified atom stereocenters. The van der Waals surface area contributed by atoms with Crippen LogP contribution in [0.5, 0.6) is 5.75 Å². The molecule has 0 spiro atoms. The first-order valence-electron chi connectivity index (χ1n) is 5.62. The van der Waals surface area contributed by atoms with Crippen molar-refractivity contribution in [3.05, 3.63) is 42.4 Å². The fourth-order valence-corrected chi connectivity index (χ4v) is 1.47. The van der Waals surface area contributed by atoms with Crippen LogP contribution in [0.4, 0.5) is 8.78 Å². The van der Waals surface area contributed by atoms with Gasteiger partial charge >= 0.3 is 0 Å². The van der Waals surface area contributed by atoms with E-state index < -0.39 is 11.9 Å². The van der Waals surface area contributed by atoms with Crippen molar-refractivity contribution >= 4 is 0 Å². The molecule has 0 aliphatic heterocycles. The van der Waals surface area contributed by atoms with E-state index in [1.54, 1.807) is 12.1 Å². The van der Waals surface area contributed by atoms with E-state index >= 15 is 0 Å². The Labute approximate surface area is 103 Å². The van der Waals surface area contributed by atoms with Gasteiger partial charge in [0.15, 0.2) is 0 Å². The van der Waals surface area contributed by atoms with Gasteiger partial charge in [0.25, 0.3) is 0 Å². The van der Waals surface area contributed by atoms with Crippen LogP contribution < -0.4 is 4.74 Å². The third-order valence-corrected chi connectivity index (χ3v) is 2.29. The first-order valence-corrected chi connectivity index (χ1v) is 5.62. The van der Waals surface area contributed by atoms with E-state index in [1.165, 1.54) is 12.3 Å². The second kappa shape index (κ2) is 5.53. The Balaban J connectivity index is 2.32. The topological polar surface area (TPSA) is 35.0 Å². The highest BCUT2D eigenvalue weighted by atomic mass is 19.1. The van der Waals surface area contributed by atoms with Crippen molar-refractivity contribution in [2.45, 2.75) is 13.3 Å². The lowest BCUT2D eigenvalue weighted by Gasteiger charge is -2.06. The minimum Gasteiger partial charge on any atom is -0.493 e. The van der Waals surface area contributed by atoms with Gasteiger partial charge in [0.1, 0.15) is 5.75 Å². The highest BCUT2D eigenvalue weighted by molar-refractivity contribution is 5.59. The average molecular weight is 250 g/mol. The molecule has 2 aromatic heterocycles. The summed E-state index contributed by atoms with van der Waals surface area (Å²) in [7, 11) is 0. The van der Waals surface area contributed by atoms with Crippen LogP contribution in [-0.2, 0) is 0 Å². The first-order chi connectivity index (χ1) is 8.70. The number of ether oxygens (including phenoxy) is 1. The monoisotopic (exact) mass is 250 g/mol. The zero-order valence-electron chi connectivity index (χ0n) is 9.86. The molecule has 94 valence electrons. The Bertz CT molecular complexity index is 546. The summed E-state index contributed by atoms with van der Waals surface area (Å²) < 4.78 is 31.6. The predicted octanol–water partition coefficient (Wildman–Crippen LogP) is 3.21. The van der Waals surface area contributed by atoms with E-state index in [2.05, 4.69) is 9.97 Å². The maximum Gasteiger partial charge on any atom is 0.224 e. The zero-order valence-corrected chi connectivity index (χ0v) is 9.86. The van der Waals surface area contributed by atoms with E-state index in [9.17, 15) is 8.78 Å². The number of pyridine rings is 2. The summed E-state index contributed by atoms with van der Waals surface area (Å²) in [5, 5.41) is 0. The summed E-state index contributed by atoms with van der Waals surface area (Å²) in [6.45, 7) is 2.57. The largest absolute Gasteiger partial charge is 0.493 e. The van der Waals surface area contributed by atoms with Crippen LogP contribution in [0.15, 0.2) is 30.5 Å². The third-order valence-electron chi connectivity index (χ3n) is 2.29. The molecule has 3 nitrogen and oxygen atoms in total. The summed E-state index contributed by atoms with van der Waals surface area (Å²) in [5.74, 6) is -1.13. The first kappa shape index (κ1) is 12.4. The molecule has 0 N–H and O–H groups in total. The standard InChI is InChI=1S/C13H12F2N2O/c1-2-7-18-9-5-6-16-11(8-9)10-3-4-12(14)17-13(10)15/h3-6,8H,2,7H2,1H3. The van der Waals surface area contributed by atoms with E-state index in [1.807, 2.05) is 6.92 Å². The molecule has 2 heterocycles. The lowest BCUT2D eigenvalue weighted by Crippen LogP contribution is -1.97. The van der Waals surface area contributed by atoms with E-state index in [-0.39, 0.29) is 5.56 Å². The molecule has 2 aromatic rings. The van der Waals surface area contributed by atoms with Crippen molar-refractivity contribution in [2.75, 3.05) is 6.61 Å². The van der Waals surface area contributed by atoms with Crippen molar-refractivity contribution in [3.8, 4) is 17.0 Å². The third kappa shape index (κ3) is 2.80. The number of hydrogen-bond donors (Lipinski definition) is 0. The van der Waals surface area contributed by atoms with Crippen molar-refractivity contribution < 1.29 is 13.5 Å². The van der Waals surface area contributed by atoms with Crippen molar-refractivity contribution in [1.29, 1.82) is 0 Å². The molecule has 0 radical (unpaired) electrons. The van der Waals surface area contributed by atoms with Gasteiger partial charge in [0.05, 0.1) is 17.9 Å². The summed E-state index contributed by atoms with van der Waals surface area (Å²) in [6.07, 6.45) is 2.40. The Morgan fingerprint density at radius 2 is 2.06 bits per heavy atom. The molecule has 18 heavy (non-hydrogen) atoms. The molecule has 0 aliphatic carbocycles. The summed E-state index contributed by atoms with van der Waals surface area (Å²) >= 11 is 0. The van der Waals surface area contributed by atoms with Gasteiger partial charge in [-0.3, -0.25) is 4.98 Å². The van der Waals surface area contributed by atoms with Crippen LogP contribution in [-0.4, -0.2) is 16.6 Å². The Morgan fingerprint density at radius 3 is 2.78 bits per heavy atom. The van der Waals surface area contributed by atoms with E-state index in [0.29, 0.717) is 18.1 Å². The van der Waals surface area contributed by atoms with Gasteiger partial charge in [-0.1, -0.05) is 6.92 Å². The van der Waals surface area contributed by atoms with Crippen molar-refractivity contribution in [3.63, 3.8) is 0 Å². The van der Waals surface area contributed by atoms with Crippen LogP contribution in [0.25, 0.3) is 11.3 Å². The van der Waals surface area contributed by atoms with Gasteiger partial charge in [-0.2, -0.15) is 13.8 Å². The highest BCUT2D eigenvalue weighted by Gasteiger charge is 2.09.